The van der Waals surface area contributed by atoms with Crippen molar-refractivity contribution >= 4 is 27.3 Å². The van der Waals surface area contributed by atoms with Gasteiger partial charge in [0.2, 0.25) is 0 Å². The van der Waals surface area contributed by atoms with Gasteiger partial charge in [-0.1, -0.05) is 0 Å². The van der Waals surface area contributed by atoms with Crippen LogP contribution in [0.4, 0.5) is 0 Å². The van der Waals surface area contributed by atoms with E-state index in [1.807, 2.05) is 0 Å². The highest BCUT2D eigenvalue weighted by Gasteiger charge is 2.24. The van der Waals surface area contributed by atoms with Crippen molar-refractivity contribution in [3.8, 4) is 0 Å². The van der Waals surface area contributed by atoms with Gasteiger partial charge in [0.15, 0.2) is 0 Å². The minimum Gasteiger partial charge on any atom is -0.481 e. The number of aliphatic carboxylic acids is 1. The van der Waals surface area contributed by atoms with Crippen LogP contribution in [0.1, 0.15) is 18.7 Å². The van der Waals surface area contributed by atoms with Crippen LogP contribution in [0.2, 0.25) is 0 Å². The molecular weight excluding hydrogens is 262 g/mol. The first-order valence-electron chi connectivity index (χ1n) is 5.03. The molecule has 0 atom stereocenters. The van der Waals surface area contributed by atoms with E-state index in [9.17, 15) is 13.2 Å². The Hall–Kier alpha value is -0.920. The first kappa shape index (κ1) is 14.1. The maximum absolute atomic E-state index is 12.1. The van der Waals surface area contributed by atoms with Crippen LogP contribution in [-0.4, -0.2) is 36.9 Å². The van der Waals surface area contributed by atoms with E-state index in [-0.39, 0.29) is 16.7 Å². The monoisotopic (exact) mass is 277 g/mol. The molecule has 0 aliphatic rings. The summed E-state index contributed by atoms with van der Waals surface area (Å²) in [7, 11) is -1.98. The summed E-state index contributed by atoms with van der Waals surface area (Å²) in [6.07, 6.45) is -0.147. The number of hydrogen-bond acceptors (Lipinski definition) is 4. The second-order valence-electron chi connectivity index (χ2n) is 3.91. The maximum Gasteiger partial charge on any atom is 0.308 e. The van der Waals surface area contributed by atoms with Crippen LogP contribution in [0.5, 0.6) is 0 Å². The van der Waals surface area contributed by atoms with E-state index >= 15 is 0 Å². The van der Waals surface area contributed by atoms with E-state index in [1.165, 1.54) is 17.4 Å². The third kappa shape index (κ3) is 3.27. The molecule has 0 aliphatic carbocycles. The Morgan fingerprint density at radius 3 is 2.53 bits per heavy atom. The fraction of sp³-hybridized carbons (Fsp3) is 0.500. The van der Waals surface area contributed by atoms with Crippen molar-refractivity contribution in [2.24, 2.45) is 0 Å². The Labute approximate surface area is 105 Å². The Balaban J connectivity index is 3.01. The summed E-state index contributed by atoms with van der Waals surface area (Å²) in [4.78, 5) is 11.1. The van der Waals surface area contributed by atoms with Crippen molar-refractivity contribution in [3.05, 3.63) is 17.0 Å². The molecule has 1 aromatic heterocycles. The second kappa shape index (κ2) is 5.16. The molecule has 0 radical (unpaired) electrons. The normalized spacial score (nSPS) is 12.3. The molecule has 0 bridgehead atoms. The van der Waals surface area contributed by atoms with Gasteiger partial charge in [-0.3, -0.25) is 4.79 Å². The van der Waals surface area contributed by atoms with Gasteiger partial charge in [-0.05, 0) is 26.0 Å². The van der Waals surface area contributed by atoms with Crippen LogP contribution < -0.4 is 0 Å². The molecule has 1 N–H and O–H groups in total. The number of thiophene rings is 1. The fourth-order valence-corrected chi connectivity index (χ4v) is 4.06. The molecular formula is C10H15NO4S2. The lowest BCUT2D eigenvalue weighted by molar-refractivity contribution is -0.136. The lowest BCUT2D eigenvalue weighted by atomic mass is 10.3. The highest BCUT2D eigenvalue weighted by molar-refractivity contribution is 7.91. The molecule has 0 spiro atoms. The summed E-state index contributed by atoms with van der Waals surface area (Å²) < 4.78 is 25.6. The number of hydrogen-bond donors (Lipinski definition) is 1. The van der Waals surface area contributed by atoms with Gasteiger partial charge in [0.25, 0.3) is 10.0 Å². The molecule has 0 amide bonds. The highest BCUT2D eigenvalue weighted by atomic mass is 32.2. The first-order valence-corrected chi connectivity index (χ1v) is 7.29. The zero-order valence-corrected chi connectivity index (χ0v) is 11.5. The van der Waals surface area contributed by atoms with Crippen molar-refractivity contribution in [2.75, 3.05) is 7.05 Å². The van der Waals surface area contributed by atoms with Gasteiger partial charge >= 0.3 is 5.97 Å². The van der Waals surface area contributed by atoms with Crippen LogP contribution in [0.25, 0.3) is 0 Å². The third-order valence-electron chi connectivity index (χ3n) is 2.32. The Bertz CT molecular complexity index is 504. The largest absolute Gasteiger partial charge is 0.481 e. The van der Waals surface area contributed by atoms with E-state index in [1.54, 1.807) is 19.9 Å². The molecule has 0 fully saturated rings. The lowest BCUT2D eigenvalue weighted by Gasteiger charge is -2.19. The van der Waals surface area contributed by atoms with Gasteiger partial charge in [0, 0.05) is 18.0 Å². The van der Waals surface area contributed by atoms with E-state index in [0.717, 1.165) is 11.3 Å². The number of rotatable bonds is 5. The van der Waals surface area contributed by atoms with Crippen LogP contribution >= 0.6 is 11.3 Å². The van der Waals surface area contributed by atoms with E-state index in [0.29, 0.717) is 4.88 Å². The van der Waals surface area contributed by atoms with E-state index < -0.39 is 16.0 Å². The number of sulfonamides is 1. The number of nitrogens with zero attached hydrogens (tertiary/aromatic N) is 1. The SMILES string of the molecule is CC(C)N(C)S(=O)(=O)c1ccc(CC(=O)O)s1. The van der Waals surface area contributed by atoms with Crippen LogP contribution in [-0.2, 0) is 21.2 Å². The Morgan fingerprint density at radius 2 is 2.06 bits per heavy atom. The zero-order valence-electron chi connectivity index (χ0n) is 9.87. The topological polar surface area (TPSA) is 74.7 Å². The average molecular weight is 277 g/mol. The van der Waals surface area contributed by atoms with Crippen molar-refractivity contribution in [1.29, 1.82) is 0 Å². The summed E-state index contributed by atoms with van der Waals surface area (Å²) in [5, 5.41) is 8.62. The third-order valence-corrected chi connectivity index (χ3v) is 5.91. The fourth-order valence-electron chi connectivity index (χ4n) is 1.16. The minimum atomic E-state index is -3.49. The van der Waals surface area contributed by atoms with Gasteiger partial charge in [0.1, 0.15) is 4.21 Å². The highest BCUT2D eigenvalue weighted by Crippen LogP contribution is 2.25. The molecule has 0 aliphatic heterocycles. The van der Waals surface area contributed by atoms with Gasteiger partial charge in [-0.2, -0.15) is 4.31 Å². The van der Waals surface area contributed by atoms with Gasteiger partial charge in [0.05, 0.1) is 6.42 Å². The van der Waals surface area contributed by atoms with Crippen molar-refractivity contribution in [1.82, 2.24) is 4.31 Å². The van der Waals surface area contributed by atoms with Crippen LogP contribution in [0.15, 0.2) is 16.3 Å². The van der Waals surface area contributed by atoms with Crippen LogP contribution in [0.3, 0.4) is 0 Å². The van der Waals surface area contributed by atoms with Crippen molar-refractivity contribution < 1.29 is 18.3 Å². The number of carboxylic acid groups (broad SMARTS) is 1. The standard InChI is InChI=1S/C10H15NO4S2/c1-7(2)11(3)17(14,15)10-5-4-8(16-10)6-9(12)13/h4-5,7H,6H2,1-3H3,(H,12,13). The van der Waals surface area contributed by atoms with E-state index in [2.05, 4.69) is 0 Å². The average Bonchev–Trinajstić information content (AvgIpc) is 2.64. The Morgan fingerprint density at radius 1 is 1.47 bits per heavy atom. The molecule has 0 saturated heterocycles. The van der Waals surface area contributed by atoms with Crippen molar-refractivity contribution in [2.45, 2.75) is 30.5 Å². The van der Waals surface area contributed by atoms with Gasteiger partial charge < -0.3 is 5.11 Å². The molecule has 0 unspecified atom stereocenters. The second-order valence-corrected chi connectivity index (χ2v) is 7.30. The summed E-state index contributed by atoms with van der Waals surface area (Å²) in [6, 6.07) is 2.86. The molecule has 1 aromatic rings. The smallest absolute Gasteiger partial charge is 0.308 e. The van der Waals surface area contributed by atoms with Crippen molar-refractivity contribution in [3.63, 3.8) is 0 Å². The molecule has 17 heavy (non-hydrogen) atoms. The molecule has 1 heterocycles. The zero-order chi connectivity index (χ0) is 13.2. The Kier molecular flexibility index (Phi) is 4.29. The predicted molar refractivity (Wildman–Crippen MR) is 65.7 cm³/mol. The molecule has 7 heteroatoms. The summed E-state index contributed by atoms with van der Waals surface area (Å²) >= 11 is 1.00. The molecule has 0 saturated carbocycles. The van der Waals surface area contributed by atoms with E-state index in [4.69, 9.17) is 5.11 Å². The first-order chi connectivity index (χ1) is 7.75. The molecule has 5 nitrogen and oxygen atoms in total. The van der Waals surface area contributed by atoms with Crippen LogP contribution in [0, 0.1) is 0 Å². The number of carboxylic acids is 1. The quantitative estimate of drug-likeness (QED) is 0.883. The van der Waals surface area contributed by atoms with Gasteiger partial charge in [-0.25, -0.2) is 8.42 Å². The maximum atomic E-state index is 12.1. The minimum absolute atomic E-state index is 0.134. The lowest BCUT2D eigenvalue weighted by Crippen LogP contribution is -2.32. The summed E-state index contributed by atoms with van der Waals surface area (Å²) in [6.45, 7) is 3.56. The predicted octanol–water partition coefficient (Wildman–Crippen LogP) is 1.40. The molecule has 1 rings (SSSR count). The number of carbonyl (C=O) groups is 1. The summed E-state index contributed by atoms with van der Waals surface area (Å²) in [5.74, 6) is -0.965. The molecule has 96 valence electrons. The molecule has 0 aromatic carbocycles. The van der Waals surface area contributed by atoms with Gasteiger partial charge in [-0.15, -0.1) is 11.3 Å². The summed E-state index contributed by atoms with van der Waals surface area (Å²) in [5.41, 5.74) is 0.